The molecule has 1 aromatic carbocycles. The lowest BCUT2D eigenvalue weighted by molar-refractivity contribution is -0.131. The summed E-state index contributed by atoms with van der Waals surface area (Å²) in [6.07, 6.45) is 2.10. The number of hydrogen-bond acceptors (Lipinski definition) is 2. The van der Waals surface area contributed by atoms with Crippen molar-refractivity contribution in [3.8, 4) is 0 Å². The Labute approximate surface area is 116 Å². The highest BCUT2D eigenvalue weighted by Crippen LogP contribution is 2.35. The molecule has 0 bridgehead atoms. The lowest BCUT2D eigenvalue weighted by Crippen LogP contribution is -2.41. The van der Waals surface area contributed by atoms with Crippen molar-refractivity contribution in [3.63, 3.8) is 0 Å². The van der Waals surface area contributed by atoms with Crippen LogP contribution in [0.5, 0.6) is 0 Å². The van der Waals surface area contributed by atoms with Crippen LogP contribution in [0.3, 0.4) is 0 Å². The fraction of sp³-hybridized carbons (Fsp3) is 0.562. The molecular formula is C16H24N2O. The van der Waals surface area contributed by atoms with Crippen molar-refractivity contribution in [2.75, 3.05) is 20.1 Å². The minimum absolute atomic E-state index is 0.226. The maximum absolute atomic E-state index is 12.1. The molecule has 1 aliphatic rings. The molecule has 0 spiro atoms. The first-order valence-corrected chi connectivity index (χ1v) is 7.18. The van der Waals surface area contributed by atoms with E-state index in [1.54, 1.807) is 0 Å². The summed E-state index contributed by atoms with van der Waals surface area (Å²) in [5.41, 5.74) is 2.66. The maximum atomic E-state index is 12.1. The molecule has 1 fully saturated rings. The summed E-state index contributed by atoms with van der Waals surface area (Å²) in [5, 5.41) is 2.96. The van der Waals surface area contributed by atoms with Crippen LogP contribution in [-0.2, 0) is 4.79 Å². The largest absolute Gasteiger partial charge is 0.338 e. The minimum atomic E-state index is 0.226. The average molecular weight is 260 g/mol. The van der Waals surface area contributed by atoms with Crippen LogP contribution in [0.2, 0.25) is 0 Å². The Morgan fingerprint density at radius 2 is 2.05 bits per heavy atom. The Balaban J connectivity index is 2.15. The van der Waals surface area contributed by atoms with Crippen LogP contribution < -0.4 is 5.32 Å². The zero-order valence-electron chi connectivity index (χ0n) is 12.1. The predicted molar refractivity (Wildman–Crippen MR) is 78.3 cm³/mol. The number of carbonyl (C=O) groups is 1. The molecule has 3 heteroatoms. The number of hydrogen-bond donors (Lipinski definition) is 1. The number of nitrogens with one attached hydrogen (secondary N) is 1. The number of likely N-dealkylation sites (N-methyl/N-ethyl adjacent to an activating group) is 1. The van der Waals surface area contributed by atoms with Crippen LogP contribution in [0, 0.1) is 6.92 Å². The molecule has 0 radical (unpaired) electrons. The van der Waals surface area contributed by atoms with E-state index in [4.69, 9.17) is 0 Å². The summed E-state index contributed by atoms with van der Waals surface area (Å²) in [7, 11) is 1.83. The number of aryl methyl sites for hydroxylation is 1. The molecule has 2 rings (SSSR count). The van der Waals surface area contributed by atoms with Gasteiger partial charge in [-0.05, 0) is 32.4 Å². The van der Waals surface area contributed by atoms with E-state index < -0.39 is 0 Å². The molecule has 1 saturated heterocycles. The van der Waals surface area contributed by atoms with Gasteiger partial charge in [-0.25, -0.2) is 0 Å². The van der Waals surface area contributed by atoms with Gasteiger partial charge in [-0.3, -0.25) is 4.79 Å². The lowest BCUT2D eigenvalue weighted by Gasteiger charge is -2.27. The molecule has 0 aliphatic carbocycles. The fourth-order valence-corrected chi connectivity index (χ4v) is 3.12. The Kier molecular flexibility index (Phi) is 4.59. The van der Waals surface area contributed by atoms with E-state index in [9.17, 15) is 4.79 Å². The summed E-state index contributed by atoms with van der Waals surface area (Å²) in [6, 6.07) is 9.12. The maximum Gasteiger partial charge on any atom is 0.236 e. The monoisotopic (exact) mass is 260 g/mol. The zero-order chi connectivity index (χ0) is 13.8. The molecule has 19 heavy (non-hydrogen) atoms. The van der Waals surface area contributed by atoms with Crippen LogP contribution in [0.15, 0.2) is 24.3 Å². The Morgan fingerprint density at radius 3 is 2.63 bits per heavy atom. The quantitative estimate of drug-likeness (QED) is 0.901. The molecule has 1 aliphatic heterocycles. The van der Waals surface area contributed by atoms with Crippen molar-refractivity contribution in [1.82, 2.24) is 10.2 Å². The van der Waals surface area contributed by atoms with Crippen LogP contribution in [-0.4, -0.2) is 37.0 Å². The second-order valence-corrected chi connectivity index (χ2v) is 5.40. The van der Waals surface area contributed by atoms with E-state index in [1.165, 1.54) is 11.1 Å². The van der Waals surface area contributed by atoms with E-state index >= 15 is 0 Å². The standard InChI is InChI=1S/C16H24N2O/c1-4-15-14(13-7-5-12(2)6-8-13)9-10-18(15)16(19)11-17-3/h5-8,14-15,17H,4,9-11H2,1-3H3/t14-,15+/m1/s1. The second kappa shape index (κ2) is 6.20. The van der Waals surface area contributed by atoms with Crippen molar-refractivity contribution >= 4 is 5.91 Å². The summed E-state index contributed by atoms with van der Waals surface area (Å²) < 4.78 is 0. The molecule has 1 N–H and O–H groups in total. The molecule has 1 amide bonds. The third kappa shape index (κ3) is 2.98. The van der Waals surface area contributed by atoms with E-state index in [0.717, 1.165) is 19.4 Å². The van der Waals surface area contributed by atoms with E-state index in [1.807, 2.05) is 7.05 Å². The van der Waals surface area contributed by atoms with Gasteiger partial charge in [-0.15, -0.1) is 0 Å². The van der Waals surface area contributed by atoms with Crippen LogP contribution in [0.1, 0.15) is 36.8 Å². The van der Waals surface area contributed by atoms with E-state index in [2.05, 4.69) is 48.3 Å². The first-order valence-electron chi connectivity index (χ1n) is 7.18. The number of rotatable bonds is 4. The Morgan fingerprint density at radius 1 is 1.37 bits per heavy atom. The Hall–Kier alpha value is -1.35. The summed E-state index contributed by atoms with van der Waals surface area (Å²) in [6.45, 7) is 5.62. The van der Waals surface area contributed by atoms with Crippen molar-refractivity contribution in [1.29, 1.82) is 0 Å². The highest BCUT2D eigenvalue weighted by atomic mass is 16.2. The van der Waals surface area contributed by atoms with Crippen LogP contribution in [0.25, 0.3) is 0 Å². The number of amides is 1. The van der Waals surface area contributed by atoms with Gasteiger partial charge < -0.3 is 10.2 Å². The van der Waals surface area contributed by atoms with Gasteiger partial charge in [0.25, 0.3) is 0 Å². The molecule has 2 atom stereocenters. The molecule has 3 nitrogen and oxygen atoms in total. The molecule has 104 valence electrons. The van der Waals surface area contributed by atoms with Crippen LogP contribution in [0.4, 0.5) is 0 Å². The summed E-state index contributed by atoms with van der Waals surface area (Å²) >= 11 is 0. The van der Waals surface area contributed by atoms with Crippen LogP contribution >= 0.6 is 0 Å². The highest BCUT2D eigenvalue weighted by Gasteiger charge is 2.35. The smallest absolute Gasteiger partial charge is 0.236 e. The second-order valence-electron chi connectivity index (χ2n) is 5.40. The van der Waals surface area contributed by atoms with Crippen molar-refractivity contribution in [2.45, 2.75) is 38.6 Å². The minimum Gasteiger partial charge on any atom is -0.338 e. The van der Waals surface area contributed by atoms with Gasteiger partial charge in [0, 0.05) is 18.5 Å². The van der Waals surface area contributed by atoms with Crippen molar-refractivity contribution in [3.05, 3.63) is 35.4 Å². The average Bonchev–Trinajstić information content (AvgIpc) is 2.83. The summed E-state index contributed by atoms with van der Waals surface area (Å²) in [5.74, 6) is 0.718. The zero-order valence-corrected chi connectivity index (χ0v) is 12.1. The molecule has 0 unspecified atom stereocenters. The van der Waals surface area contributed by atoms with Gasteiger partial charge in [0.1, 0.15) is 0 Å². The predicted octanol–water partition coefficient (Wildman–Crippen LogP) is 2.31. The SMILES string of the molecule is CC[C@H]1[C@@H](c2ccc(C)cc2)CCN1C(=O)CNC. The molecule has 0 saturated carbocycles. The topological polar surface area (TPSA) is 32.3 Å². The van der Waals surface area contributed by atoms with Gasteiger partial charge in [0.2, 0.25) is 5.91 Å². The van der Waals surface area contributed by atoms with Gasteiger partial charge >= 0.3 is 0 Å². The number of likely N-dealkylation sites (tertiary alicyclic amines) is 1. The summed E-state index contributed by atoms with van der Waals surface area (Å²) in [4.78, 5) is 14.2. The van der Waals surface area contributed by atoms with Gasteiger partial charge in [0.05, 0.1) is 6.54 Å². The van der Waals surface area contributed by atoms with Gasteiger partial charge in [-0.2, -0.15) is 0 Å². The number of carbonyl (C=O) groups excluding carboxylic acids is 1. The van der Waals surface area contributed by atoms with Gasteiger partial charge in [-0.1, -0.05) is 36.8 Å². The van der Waals surface area contributed by atoms with Crippen molar-refractivity contribution < 1.29 is 4.79 Å². The van der Waals surface area contributed by atoms with Crippen molar-refractivity contribution in [2.24, 2.45) is 0 Å². The molecule has 0 aromatic heterocycles. The fourth-order valence-electron chi connectivity index (χ4n) is 3.12. The normalized spacial score (nSPS) is 22.8. The first kappa shape index (κ1) is 14.1. The molecular weight excluding hydrogens is 236 g/mol. The third-order valence-corrected chi connectivity index (χ3v) is 4.12. The van der Waals surface area contributed by atoms with E-state index in [-0.39, 0.29) is 5.91 Å². The first-order chi connectivity index (χ1) is 9.17. The highest BCUT2D eigenvalue weighted by molar-refractivity contribution is 5.79. The molecule has 1 heterocycles. The van der Waals surface area contributed by atoms with Gasteiger partial charge in [0.15, 0.2) is 0 Å². The van der Waals surface area contributed by atoms with E-state index in [0.29, 0.717) is 18.5 Å². The molecule has 1 aromatic rings. The Bertz CT molecular complexity index is 427. The number of nitrogens with zero attached hydrogens (tertiary/aromatic N) is 1. The lowest BCUT2D eigenvalue weighted by atomic mass is 9.90. The number of benzene rings is 1. The third-order valence-electron chi connectivity index (χ3n) is 4.12.